The van der Waals surface area contributed by atoms with Crippen LogP contribution in [0.1, 0.15) is 19.8 Å². The zero-order valence-corrected chi connectivity index (χ0v) is 11.4. The van der Waals surface area contributed by atoms with Gasteiger partial charge in [0.25, 0.3) is 0 Å². The largest absolute Gasteiger partial charge is 0.368 e. The highest BCUT2D eigenvalue weighted by molar-refractivity contribution is 5.66. The van der Waals surface area contributed by atoms with Crippen LogP contribution in [0, 0.1) is 5.92 Å². The minimum atomic E-state index is 0.757. The molecular formula is C14H21N5. The molecule has 0 aliphatic carbocycles. The van der Waals surface area contributed by atoms with Crippen LogP contribution >= 0.6 is 0 Å². The van der Waals surface area contributed by atoms with Crippen molar-refractivity contribution in [2.24, 2.45) is 5.92 Å². The molecule has 5 heteroatoms. The Balaban J connectivity index is 1.59. The lowest BCUT2D eigenvalue weighted by molar-refractivity contribution is 0.198. The summed E-state index contributed by atoms with van der Waals surface area (Å²) in [5.41, 5.74) is 1.05. The van der Waals surface area contributed by atoms with Gasteiger partial charge in [-0.1, -0.05) is 6.92 Å². The first-order valence-corrected chi connectivity index (χ1v) is 7.11. The van der Waals surface area contributed by atoms with Crippen molar-refractivity contribution in [1.82, 2.24) is 19.5 Å². The summed E-state index contributed by atoms with van der Waals surface area (Å²) >= 11 is 0. The standard InChI is InChI=1S/C14H21N5/c1-2-18-8-4-12(5-9-18)11-16-14-13-3-6-17-19(13)10-7-15-14/h3,6-7,10,12H,2,4-5,8-9,11H2,1H3,(H,15,16). The second-order valence-corrected chi connectivity index (χ2v) is 5.20. The highest BCUT2D eigenvalue weighted by Crippen LogP contribution is 2.19. The summed E-state index contributed by atoms with van der Waals surface area (Å²) in [6, 6.07) is 2.00. The van der Waals surface area contributed by atoms with Crippen LogP contribution in [0.3, 0.4) is 0 Å². The van der Waals surface area contributed by atoms with Gasteiger partial charge < -0.3 is 10.2 Å². The molecule has 102 valence electrons. The monoisotopic (exact) mass is 259 g/mol. The summed E-state index contributed by atoms with van der Waals surface area (Å²) in [6.45, 7) is 6.88. The second-order valence-electron chi connectivity index (χ2n) is 5.20. The third kappa shape index (κ3) is 2.71. The van der Waals surface area contributed by atoms with Crippen LogP contribution in [-0.4, -0.2) is 45.7 Å². The lowest BCUT2D eigenvalue weighted by atomic mass is 9.97. The lowest BCUT2D eigenvalue weighted by Gasteiger charge is -2.31. The maximum Gasteiger partial charge on any atom is 0.152 e. The minimum absolute atomic E-state index is 0.757. The highest BCUT2D eigenvalue weighted by atomic mass is 15.2. The molecule has 0 atom stereocenters. The molecule has 0 amide bonds. The van der Waals surface area contributed by atoms with Crippen molar-refractivity contribution in [1.29, 1.82) is 0 Å². The van der Waals surface area contributed by atoms with E-state index < -0.39 is 0 Å². The molecule has 1 N–H and O–H groups in total. The molecule has 1 fully saturated rings. The Morgan fingerprint density at radius 3 is 2.95 bits per heavy atom. The van der Waals surface area contributed by atoms with Crippen molar-refractivity contribution in [3.8, 4) is 0 Å². The number of hydrogen-bond acceptors (Lipinski definition) is 4. The van der Waals surface area contributed by atoms with Crippen molar-refractivity contribution in [2.75, 3.05) is 31.5 Å². The fourth-order valence-corrected chi connectivity index (χ4v) is 2.74. The molecule has 3 heterocycles. The van der Waals surface area contributed by atoms with Crippen LogP contribution in [0.15, 0.2) is 24.7 Å². The number of nitrogens with one attached hydrogen (secondary N) is 1. The average Bonchev–Trinajstić information content (AvgIpc) is 2.94. The molecule has 0 aromatic carbocycles. The summed E-state index contributed by atoms with van der Waals surface area (Å²) in [4.78, 5) is 6.93. The van der Waals surface area contributed by atoms with Gasteiger partial charge in [0, 0.05) is 18.9 Å². The van der Waals surface area contributed by atoms with Gasteiger partial charge in [-0.15, -0.1) is 0 Å². The van der Waals surface area contributed by atoms with Gasteiger partial charge in [-0.3, -0.25) is 0 Å². The lowest BCUT2D eigenvalue weighted by Crippen LogP contribution is -2.35. The zero-order chi connectivity index (χ0) is 13.1. The summed E-state index contributed by atoms with van der Waals surface area (Å²) in [5, 5.41) is 7.71. The van der Waals surface area contributed by atoms with Crippen molar-refractivity contribution in [3.63, 3.8) is 0 Å². The third-order valence-electron chi connectivity index (χ3n) is 4.04. The van der Waals surface area contributed by atoms with Crippen LogP contribution in [0.25, 0.3) is 5.52 Å². The second kappa shape index (κ2) is 5.57. The molecular weight excluding hydrogens is 238 g/mol. The number of hydrogen-bond donors (Lipinski definition) is 1. The molecule has 1 saturated heterocycles. The number of rotatable bonds is 4. The Labute approximate surface area is 113 Å². The first-order chi connectivity index (χ1) is 9.36. The van der Waals surface area contributed by atoms with Crippen molar-refractivity contribution >= 4 is 11.3 Å². The Hall–Kier alpha value is -1.62. The van der Waals surface area contributed by atoms with Crippen LogP contribution in [0.4, 0.5) is 5.82 Å². The SMILES string of the molecule is CCN1CCC(CNc2nccn3nccc23)CC1. The van der Waals surface area contributed by atoms with E-state index in [0.717, 1.165) is 23.8 Å². The topological polar surface area (TPSA) is 45.5 Å². The van der Waals surface area contributed by atoms with E-state index in [1.54, 1.807) is 6.20 Å². The smallest absolute Gasteiger partial charge is 0.152 e. The van der Waals surface area contributed by atoms with Crippen LogP contribution in [0.2, 0.25) is 0 Å². The minimum Gasteiger partial charge on any atom is -0.368 e. The number of fused-ring (bicyclic) bond motifs is 1. The molecule has 0 unspecified atom stereocenters. The fraction of sp³-hybridized carbons (Fsp3) is 0.571. The van der Waals surface area contributed by atoms with Crippen LogP contribution in [-0.2, 0) is 0 Å². The molecule has 1 aliphatic heterocycles. The first-order valence-electron chi connectivity index (χ1n) is 7.11. The summed E-state index contributed by atoms with van der Waals surface area (Å²) in [5.74, 6) is 1.70. The molecule has 2 aromatic heterocycles. The number of nitrogens with zero attached hydrogens (tertiary/aromatic N) is 4. The number of likely N-dealkylation sites (tertiary alicyclic amines) is 1. The molecule has 19 heavy (non-hydrogen) atoms. The van der Waals surface area contributed by atoms with Gasteiger partial charge in [-0.05, 0) is 44.5 Å². The normalized spacial score (nSPS) is 17.9. The Morgan fingerprint density at radius 2 is 2.16 bits per heavy atom. The summed E-state index contributed by atoms with van der Waals surface area (Å²) in [6.07, 6.45) is 8.04. The fourth-order valence-electron chi connectivity index (χ4n) is 2.74. The quantitative estimate of drug-likeness (QED) is 0.910. The number of aromatic nitrogens is 3. The zero-order valence-electron chi connectivity index (χ0n) is 11.4. The predicted molar refractivity (Wildman–Crippen MR) is 76.3 cm³/mol. The molecule has 2 aromatic rings. The van der Waals surface area contributed by atoms with E-state index >= 15 is 0 Å². The maximum atomic E-state index is 4.41. The van der Waals surface area contributed by atoms with Crippen LogP contribution < -0.4 is 5.32 Å². The maximum absolute atomic E-state index is 4.41. The van der Waals surface area contributed by atoms with Crippen molar-refractivity contribution in [3.05, 3.63) is 24.7 Å². The first kappa shape index (κ1) is 12.4. The van der Waals surface area contributed by atoms with Gasteiger partial charge in [0.1, 0.15) is 5.52 Å². The molecule has 3 rings (SSSR count). The van der Waals surface area contributed by atoms with E-state index in [2.05, 4.69) is 27.2 Å². The Bertz CT molecular complexity index is 527. The third-order valence-corrected chi connectivity index (χ3v) is 4.04. The molecule has 5 nitrogen and oxygen atoms in total. The number of piperidine rings is 1. The summed E-state index contributed by atoms with van der Waals surface area (Å²) in [7, 11) is 0. The van der Waals surface area contributed by atoms with Crippen molar-refractivity contribution in [2.45, 2.75) is 19.8 Å². The Morgan fingerprint density at radius 1 is 1.32 bits per heavy atom. The predicted octanol–water partition coefficient (Wildman–Crippen LogP) is 1.87. The Kier molecular flexibility index (Phi) is 3.64. The molecule has 0 radical (unpaired) electrons. The van der Waals surface area contributed by atoms with Gasteiger partial charge in [0.15, 0.2) is 5.82 Å². The van der Waals surface area contributed by atoms with E-state index in [-0.39, 0.29) is 0 Å². The molecule has 0 spiro atoms. The molecule has 1 aliphatic rings. The number of anilines is 1. The highest BCUT2D eigenvalue weighted by Gasteiger charge is 2.18. The van der Waals surface area contributed by atoms with Gasteiger partial charge in [0.2, 0.25) is 0 Å². The van der Waals surface area contributed by atoms with E-state index in [1.807, 2.05) is 23.0 Å². The van der Waals surface area contributed by atoms with E-state index in [1.165, 1.54) is 32.5 Å². The average molecular weight is 259 g/mol. The van der Waals surface area contributed by atoms with Gasteiger partial charge in [-0.2, -0.15) is 5.10 Å². The van der Waals surface area contributed by atoms with Gasteiger partial charge in [0.05, 0.1) is 6.20 Å². The van der Waals surface area contributed by atoms with E-state index in [0.29, 0.717) is 0 Å². The van der Waals surface area contributed by atoms with Gasteiger partial charge in [-0.25, -0.2) is 9.50 Å². The summed E-state index contributed by atoms with van der Waals surface area (Å²) < 4.78 is 1.86. The van der Waals surface area contributed by atoms with E-state index in [9.17, 15) is 0 Å². The van der Waals surface area contributed by atoms with Crippen LogP contribution in [0.5, 0.6) is 0 Å². The van der Waals surface area contributed by atoms with E-state index in [4.69, 9.17) is 0 Å². The molecule has 0 bridgehead atoms. The molecule has 0 saturated carbocycles. The van der Waals surface area contributed by atoms with Gasteiger partial charge >= 0.3 is 0 Å². The van der Waals surface area contributed by atoms with Crippen molar-refractivity contribution < 1.29 is 0 Å².